The van der Waals surface area contributed by atoms with Crippen molar-refractivity contribution in [1.29, 1.82) is 0 Å². The zero-order chi connectivity index (χ0) is 19.7. The van der Waals surface area contributed by atoms with E-state index in [1.807, 2.05) is 0 Å². The summed E-state index contributed by atoms with van der Waals surface area (Å²) in [7, 11) is 0. The van der Waals surface area contributed by atoms with Gasteiger partial charge < -0.3 is 8.69 Å². The second kappa shape index (κ2) is 17.3. The lowest BCUT2D eigenvalue weighted by Crippen LogP contribution is -2.31. The lowest BCUT2D eigenvalue weighted by Gasteiger charge is -2.25. The fourth-order valence-corrected chi connectivity index (χ4v) is 7.41. The molecular weight excluding hydrogens is 345 g/mol. The highest BCUT2D eigenvalue weighted by atomic mass is 27.2. The van der Waals surface area contributed by atoms with Crippen LogP contribution < -0.4 is 0 Å². The predicted octanol–water partition coefficient (Wildman–Crippen LogP) is 7.45. The lowest BCUT2D eigenvalue weighted by atomic mass is 10.0. The van der Waals surface area contributed by atoms with Crippen molar-refractivity contribution in [2.75, 3.05) is 19.6 Å². The van der Waals surface area contributed by atoms with Crippen LogP contribution in [-0.2, 0) is 3.79 Å². The molecule has 0 aromatic rings. The van der Waals surface area contributed by atoms with E-state index in [9.17, 15) is 0 Å². The SMILES string of the molecule is CCCCCCC[CH2][Al]([CH2]CCCCCCC)[O]C(C)C1CCN(CC)C1. The van der Waals surface area contributed by atoms with E-state index in [2.05, 4.69) is 32.6 Å². The van der Waals surface area contributed by atoms with Crippen molar-refractivity contribution < 1.29 is 3.79 Å². The first-order valence-electron chi connectivity index (χ1n) is 12.6. The van der Waals surface area contributed by atoms with Gasteiger partial charge in [0.15, 0.2) is 0 Å². The van der Waals surface area contributed by atoms with Crippen molar-refractivity contribution in [3.05, 3.63) is 0 Å². The summed E-state index contributed by atoms with van der Waals surface area (Å²) in [6.45, 7) is 13.1. The van der Waals surface area contributed by atoms with E-state index >= 15 is 0 Å². The van der Waals surface area contributed by atoms with Crippen LogP contribution in [0.5, 0.6) is 0 Å². The first-order chi connectivity index (χ1) is 13.2. The zero-order valence-corrected chi connectivity index (χ0v) is 20.5. The molecule has 1 fully saturated rings. The summed E-state index contributed by atoms with van der Waals surface area (Å²) in [5.41, 5.74) is 0. The molecule has 2 nitrogen and oxygen atoms in total. The average molecular weight is 396 g/mol. The Balaban J connectivity index is 2.29. The molecule has 1 aliphatic rings. The minimum atomic E-state index is -1.01. The minimum absolute atomic E-state index is 0.499. The number of rotatable bonds is 18. The van der Waals surface area contributed by atoms with Crippen LogP contribution in [0.15, 0.2) is 0 Å². The molecule has 0 amide bonds. The fourth-order valence-electron chi connectivity index (χ4n) is 4.53. The normalized spacial score (nSPS) is 18.9. The predicted molar refractivity (Wildman–Crippen MR) is 123 cm³/mol. The zero-order valence-electron chi connectivity index (χ0n) is 19.3. The Morgan fingerprint density at radius 2 is 1.33 bits per heavy atom. The maximum atomic E-state index is 6.79. The molecule has 3 heteroatoms. The third kappa shape index (κ3) is 12.6. The van der Waals surface area contributed by atoms with Crippen LogP contribution in [0.1, 0.15) is 111 Å². The van der Waals surface area contributed by atoms with E-state index in [4.69, 9.17) is 3.79 Å². The van der Waals surface area contributed by atoms with Crippen molar-refractivity contribution >= 4 is 14.5 Å². The van der Waals surface area contributed by atoms with Gasteiger partial charge in [0.25, 0.3) is 0 Å². The van der Waals surface area contributed by atoms with Crippen molar-refractivity contribution in [3.8, 4) is 0 Å². The van der Waals surface area contributed by atoms with Gasteiger partial charge in [0.1, 0.15) is 0 Å². The van der Waals surface area contributed by atoms with Gasteiger partial charge in [0, 0.05) is 12.6 Å². The van der Waals surface area contributed by atoms with Gasteiger partial charge in [-0.25, -0.2) is 0 Å². The molecule has 0 saturated carbocycles. The quantitative estimate of drug-likeness (QED) is 0.176. The summed E-state index contributed by atoms with van der Waals surface area (Å²) in [5, 5.41) is 2.85. The van der Waals surface area contributed by atoms with E-state index in [0.717, 1.165) is 5.92 Å². The number of hydrogen-bond acceptors (Lipinski definition) is 2. The smallest absolute Gasteiger partial charge is 0.460 e. The number of nitrogens with zero attached hydrogens (tertiary/aromatic N) is 1. The highest BCUT2D eigenvalue weighted by Crippen LogP contribution is 2.24. The maximum absolute atomic E-state index is 6.79. The molecule has 2 atom stereocenters. The highest BCUT2D eigenvalue weighted by molar-refractivity contribution is 6.51. The molecular formula is C24H50AlNO. The molecule has 0 aromatic heterocycles. The molecule has 1 heterocycles. The molecule has 0 bridgehead atoms. The number of hydrogen-bond donors (Lipinski definition) is 0. The van der Waals surface area contributed by atoms with Crippen LogP contribution in [-0.4, -0.2) is 45.1 Å². The van der Waals surface area contributed by atoms with Crippen molar-refractivity contribution in [1.82, 2.24) is 4.90 Å². The van der Waals surface area contributed by atoms with Gasteiger partial charge >= 0.3 is 14.5 Å². The summed E-state index contributed by atoms with van der Waals surface area (Å²) in [5.74, 6) is 0.786. The second-order valence-electron chi connectivity index (χ2n) is 9.02. The molecule has 0 radical (unpaired) electrons. The molecule has 2 unspecified atom stereocenters. The molecule has 27 heavy (non-hydrogen) atoms. The summed E-state index contributed by atoms with van der Waals surface area (Å²) >= 11 is -1.01. The van der Waals surface area contributed by atoms with Gasteiger partial charge in [-0.2, -0.15) is 0 Å². The van der Waals surface area contributed by atoms with Crippen LogP contribution in [0.25, 0.3) is 0 Å². The van der Waals surface area contributed by atoms with E-state index in [0.29, 0.717) is 6.10 Å². The van der Waals surface area contributed by atoms with Gasteiger partial charge in [-0.15, -0.1) is 0 Å². The fraction of sp³-hybridized carbons (Fsp3) is 1.00. The third-order valence-corrected chi connectivity index (χ3v) is 9.50. The molecule has 1 saturated heterocycles. The Morgan fingerprint density at radius 1 is 0.815 bits per heavy atom. The molecule has 1 rings (SSSR count). The molecule has 0 spiro atoms. The topological polar surface area (TPSA) is 12.5 Å². The van der Waals surface area contributed by atoms with E-state index in [-0.39, 0.29) is 0 Å². The van der Waals surface area contributed by atoms with Crippen LogP contribution >= 0.6 is 0 Å². The van der Waals surface area contributed by atoms with Crippen LogP contribution in [0.2, 0.25) is 10.6 Å². The Bertz CT molecular complexity index is 310. The monoisotopic (exact) mass is 395 g/mol. The Morgan fingerprint density at radius 3 is 1.81 bits per heavy atom. The first kappa shape index (κ1) is 25.5. The van der Waals surface area contributed by atoms with E-state index in [1.165, 1.54) is 114 Å². The van der Waals surface area contributed by atoms with Crippen LogP contribution in [0.4, 0.5) is 0 Å². The number of likely N-dealkylation sites (tertiary alicyclic amines) is 1. The first-order valence-corrected chi connectivity index (χ1v) is 14.7. The number of unbranched alkanes of at least 4 members (excludes halogenated alkanes) is 10. The summed E-state index contributed by atoms with van der Waals surface area (Å²) in [6, 6.07) is 0. The van der Waals surface area contributed by atoms with E-state index in [1.54, 1.807) is 0 Å². The highest BCUT2D eigenvalue weighted by Gasteiger charge is 2.30. The lowest BCUT2D eigenvalue weighted by molar-refractivity contribution is 0.149. The van der Waals surface area contributed by atoms with Crippen LogP contribution in [0.3, 0.4) is 0 Å². The maximum Gasteiger partial charge on any atom is 0.460 e. The summed E-state index contributed by atoms with van der Waals surface area (Å²) in [4.78, 5) is 2.60. The van der Waals surface area contributed by atoms with Crippen molar-refractivity contribution in [2.45, 2.75) is 128 Å². The van der Waals surface area contributed by atoms with Crippen molar-refractivity contribution in [2.24, 2.45) is 5.92 Å². The molecule has 1 aliphatic heterocycles. The minimum Gasteiger partial charge on any atom is -0.498 e. The third-order valence-electron chi connectivity index (χ3n) is 6.59. The Kier molecular flexibility index (Phi) is 16.4. The standard InChI is InChI=1S/C8H16NO.2C8H17.Al/c1-3-9-5-4-8(6-9)7(2)10;2*1-3-5-7-8-6-4-2;/h7-8H,3-6H2,1-2H3;2*1,3-8H2,2H3;/q-1;;;+1. The van der Waals surface area contributed by atoms with Crippen molar-refractivity contribution in [3.63, 3.8) is 0 Å². The molecule has 160 valence electrons. The summed E-state index contributed by atoms with van der Waals surface area (Å²) < 4.78 is 6.79. The molecule has 0 aliphatic carbocycles. The van der Waals surface area contributed by atoms with E-state index < -0.39 is 14.5 Å². The van der Waals surface area contributed by atoms with Gasteiger partial charge in [-0.1, -0.05) is 108 Å². The van der Waals surface area contributed by atoms with Crippen LogP contribution in [0, 0.1) is 5.92 Å². The van der Waals surface area contributed by atoms with Gasteiger partial charge in [-0.3, -0.25) is 0 Å². The molecule has 0 N–H and O–H groups in total. The van der Waals surface area contributed by atoms with Gasteiger partial charge in [0.2, 0.25) is 0 Å². The average Bonchev–Trinajstić information content (AvgIpc) is 3.16. The second-order valence-corrected chi connectivity index (χ2v) is 11.7. The van der Waals surface area contributed by atoms with Gasteiger partial charge in [0.05, 0.1) is 0 Å². The largest absolute Gasteiger partial charge is 0.498 e. The Labute approximate surface area is 176 Å². The summed E-state index contributed by atoms with van der Waals surface area (Å²) in [6.07, 6.45) is 18.9. The molecule has 0 aromatic carbocycles. The Hall–Kier alpha value is 0.452. The van der Waals surface area contributed by atoms with Gasteiger partial charge in [-0.05, 0) is 32.4 Å².